The number of nitrogens with zero attached hydrogens (tertiary/aromatic N) is 1. The van der Waals surface area contributed by atoms with Crippen LogP contribution in [-0.4, -0.2) is 16.1 Å². The van der Waals surface area contributed by atoms with Gasteiger partial charge in [0.2, 0.25) is 0 Å². The van der Waals surface area contributed by atoms with E-state index in [0.29, 0.717) is 11.4 Å². The van der Waals surface area contributed by atoms with E-state index in [1.807, 2.05) is 0 Å². The van der Waals surface area contributed by atoms with Crippen molar-refractivity contribution in [3.63, 3.8) is 0 Å². The van der Waals surface area contributed by atoms with E-state index in [9.17, 15) is 9.18 Å². The van der Waals surface area contributed by atoms with Crippen molar-refractivity contribution in [1.82, 2.24) is 4.98 Å². The van der Waals surface area contributed by atoms with E-state index in [-0.39, 0.29) is 24.0 Å². The van der Waals surface area contributed by atoms with Crippen LogP contribution in [0.2, 0.25) is 0 Å². The minimum Gasteiger partial charge on any atom is -0.481 e. The Morgan fingerprint density at radius 1 is 1.56 bits per heavy atom. The molecule has 0 aliphatic rings. The van der Waals surface area contributed by atoms with Gasteiger partial charge in [0.1, 0.15) is 18.0 Å². The summed E-state index contributed by atoms with van der Waals surface area (Å²) in [5.74, 6) is -1.10. The number of hydrogen-bond acceptors (Lipinski definition) is 4. The summed E-state index contributed by atoms with van der Waals surface area (Å²) >= 11 is 0. The van der Waals surface area contributed by atoms with Crippen LogP contribution in [0.15, 0.2) is 28.7 Å². The third kappa shape index (κ3) is 2.85. The van der Waals surface area contributed by atoms with Crippen molar-refractivity contribution >= 4 is 17.7 Å². The van der Waals surface area contributed by atoms with Gasteiger partial charge in [0.05, 0.1) is 5.69 Å². The van der Waals surface area contributed by atoms with E-state index < -0.39 is 5.97 Å². The lowest BCUT2D eigenvalue weighted by Gasteiger charge is -2.00. The predicted molar refractivity (Wildman–Crippen MR) is 62.3 cm³/mol. The minimum absolute atomic E-state index is 0.148. The molecule has 0 radical (unpaired) electrons. The zero-order chi connectivity index (χ0) is 13.1. The van der Waals surface area contributed by atoms with Gasteiger partial charge in [-0.05, 0) is 25.1 Å². The van der Waals surface area contributed by atoms with Crippen LogP contribution in [0.4, 0.5) is 16.1 Å². The molecule has 0 fully saturated rings. The van der Waals surface area contributed by atoms with Gasteiger partial charge < -0.3 is 14.8 Å². The summed E-state index contributed by atoms with van der Waals surface area (Å²) in [6, 6.07) is 5.96. The summed E-state index contributed by atoms with van der Waals surface area (Å²) < 4.78 is 18.2. The van der Waals surface area contributed by atoms with E-state index in [2.05, 4.69) is 10.3 Å². The lowest BCUT2D eigenvalue weighted by Crippen LogP contribution is -1.99. The SMILES string of the molecule is Cc1nc(Nc2cccc(F)c2)oc1CC(=O)O. The second-order valence-electron chi connectivity index (χ2n) is 3.73. The largest absolute Gasteiger partial charge is 0.481 e. The molecule has 0 spiro atoms. The van der Waals surface area contributed by atoms with Gasteiger partial charge in [-0.15, -0.1) is 0 Å². The summed E-state index contributed by atoms with van der Waals surface area (Å²) in [7, 11) is 0. The number of carboxylic acids is 1. The zero-order valence-corrected chi connectivity index (χ0v) is 9.61. The summed E-state index contributed by atoms with van der Waals surface area (Å²) in [4.78, 5) is 14.6. The van der Waals surface area contributed by atoms with Crippen LogP contribution in [0.3, 0.4) is 0 Å². The van der Waals surface area contributed by atoms with Crippen molar-refractivity contribution in [2.75, 3.05) is 5.32 Å². The van der Waals surface area contributed by atoms with Gasteiger partial charge in [0.25, 0.3) is 6.01 Å². The smallest absolute Gasteiger partial charge is 0.311 e. The molecule has 0 atom stereocenters. The van der Waals surface area contributed by atoms with Gasteiger partial charge in [0.15, 0.2) is 0 Å². The van der Waals surface area contributed by atoms with Gasteiger partial charge in [-0.3, -0.25) is 4.79 Å². The molecule has 0 unspecified atom stereocenters. The quantitative estimate of drug-likeness (QED) is 0.871. The van der Waals surface area contributed by atoms with E-state index in [1.54, 1.807) is 19.1 Å². The number of hydrogen-bond donors (Lipinski definition) is 2. The van der Waals surface area contributed by atoms with Crippen LogP contribution < -0.4 is 5.32 Å². The number of halogens is 1. The Hall–Kier alpha value is -2.37. The lowest BCUT2D eigenvalue weighted by molar-refractivity contribution is -0.136. The molecule has 2 aromatic rings. The molecule has 0 bridgehead atoms. The predicted octanol–water partition coefficient (Wildman–Crippen LogP) is 2.49. The molecule has 6 heteroatoms. The fourth-order valence-corrected chi connectivity index (χ4v) is 1.47. The highest BCUT2D eigenvalue weighted by Crippen LogP contribution is 2.20. The fourth-order valence-electron chi connectivity index (χ4n) is 1.47. The molecule has 0 saturated carbocycles. The number of benzene rings is 1. The summed E-state index contributed by atoms with van der Waals surface area (Å²) in [6.07, 6.45) is -0.232. The molecule has 18 heavy (non-hydrogen) atoms. The highest BCUT2D eigenvalue weighted by molar-refractivity contribution is 5.69. The summed E-state index contributed by atoms with van der Waals surface area (Å²) in [5.41, 5.74) is 0.981. The number of aromatic nitrogens is 1. The van der Waals surface area contributed by atoms with Crippen LogP contribution in [0.25, 0.3) is 0 Å². The number of carboxylic acid groups (broad SMARTS) is 1. The van der Waals surface area contributed by atoms with E-state index in [4.69, 9.17) is 9.52 Å². The normalized spacial score (nSPS) is 10.3. The standard InChI is InChI=1S/C12H11FN2O3/c1-7-10(6-11(16)17)18-12(14-7)15-9-4-2-3-8(13)5-9/h2-5H,6H2,1H3,(H,14,15)(H,16,17). The Bertz CT molecular complexity index is 580. The highest BCUT2D eigenvalue weighted by Gasteiger charge is 2.12. The van der Waals surface area contributed by atoms with Gasteiger partial charge >= 0.3 is 5.97 Å². The zero-order valence-electron chi connectivity index (χ0n) is 9.61. The van der Waals surface area contributed by atoms with Crippen LogP contribution in [0.5, 0.6) is 0 Å². The van der Waals surface area contributed by atoms with E-state index in [0.717, 1.165) is 0 Å². The molecule has 2 N–H and O–H groups in total. The van der Waals surface area contributed by atoms with Crippen LogP contribution in [0.1, 0.15) is 11.5 Å². The van der Waals surface area contributed by atoms with Crippen molar-refractivity contribution in [3.05, 3.63) is 41.5 Å². The minimum atomic E-state index is -0.994. The molecule has 0 saturated heterocycles. The van der Waals surface area contributed by atoms with Gasteiger partial charge in [0, 0.05) is 5.69 Å². The number of rotatable bonds is 4. The monoisotopic (exact) mass is 250 g/mol. The number of aryl methyl sites for hydroxylation is 1. The van der Waals surface area contributed by atoms with E-state index >= 15 is 0 Å². The Morgan fingerprint density at radius 3 is 3.00 bits per heavy atom. The first-order valence-corrected chi connectivity index (χ1v) is 5.25. The molecule has 0 amide bonds. The number of carbonyl (C=O) groups is 1. The highest BCUT2D eigenvalue weighted by atomic mass is 19.1. The molecular formula is C12H11FN2O3. The first-order valence-electron chi connectivity index (χ1n) is 5.25. The molecule has 2 rings (SSSR count). The maximum Gasteiger partial charge on any atom is 0.311 e. The number of oxazole rings is 1. The number of aliphatic carboxylic acids is 1. The Balaban J connectivity index is 2.17. The second-order valence-corrected chi connectivity index (χ2v) is 3.73. The summed E-state index contributed by atoms with van der Waals surface area (Å²) in [6.45, 7) is 1.65. The third-order valence-electron chi connectivity index (χ3n) is 2.28. The van der Waals surface area contributed by atoms with Crippen molar-refractivity contribution in [3.8, 4) is 0 Å². The van der Waals surface area contributed by atoms with Gasteiger partial charge in [-0.25, -0.2) is 4.39 Å². The molecule has 94 valence electrons. The number of anilines is 2. The van der Waals surface area contributed by atoms with Crippen molar-refractivity contribution in [2.45, 2.75) is 13.3 Å². The first kappa shape index (κ1) is 12.1. The molecule has 0 aliphatic heterocycles. The summed E-state index contributed by atoms with van der Waals surface area (Å²) in [5, 5.41) is 11.4. The first-order chi connectivity index (χ1) is 8.54. The van der Waals surface area contributed by atoms with Crippen LogP contribution in [0, 0.1) is 12.7 Å². The van der Waals surface area contributed by atoms with Crippen LogP contribution in [-0.2, 0) is 11.2 Å². The maximum absolute atomic E-state index is 13.0. The van der Waals surface area contributed by atoms with Gasteiger partial charge in [-0.1, -0.05) is 6.07 Å². The van der Waals surface area contributed by atoms with Crippen LogP contribution >= 0.6 is 0 Å². The third-order valence-corrected chi connectivity index (χ3v) is 2.28. The molecule has 1 aromatic carbocycles. The maximum atomic E-state index is 13.0. The average molecular weight is 250 g/mol. The lowest BCUT2D eigenvalue weighted by atomic mass is 10.3. The topological polar surface area (TPSA) is 75.4 Å². The molecule has 0 aliphatic carbocycles. The molecular weight excluding hydrogens is 239 g/mol. The van der Waals surface area contributed by atoms with E-state index in [1.165, 1.54) is 12.1 Å². The van der Waals surface area contributed by atoms with Crippen molar-refractivity contribution in [1.29, 1.82) is 0 Å². The molecule has 1 heterocycles. The average Bonchev–Trinajstić information content (AvgIpc) is 2.58. The Labute approximate surface area is 102 Å². The Morgan fingerprint density at radius 2 is 2.33 bits per heavy atom. The Kier molecular flexibility index (Phi) is 3.27. The second kappa shape index (κ2) is 4.87. The van der Waals surface area contributed by atoms with Gasteiger partial charge in [-0.2, -0.15) is 4.98 Å². The van der Waals surface area contributed by atoms with Crippen molar-refractivity contribution in [2.24, 2.45) is 0 Å². The fraction of sp³-hybridized carbons (Fsp3) is 0.167. The molecule has 5 nitrogen and oxygen atoms in total. The molecule has 1 aromatic heterocycles. The van der Waals surface area contributed by atoms with Crippen molar-refractivity contribution < 1.29 is 18.7 Å². The number of nitrogens with one attached hydrogen (secondary N) is 1.